The van der Waals surface area contributed by atoms with Crippen molar-refractivity contribution in [3.05, 3.63) is 62.2 Å². The second kappa shape index (κ2) is 8.13. The van der Waals surface area contributed by atoms with Gasteiger partial charge in [-0.25, -0.2) is 4.79 Å². The van der Waals surface area contributed by atoms with Crippen molar-refractivity contribution in [1.82, 2.24) is 0 Å². The quantitative estimate of drug-likeness (QED) is 0.458. The van der Waals surface area contributed by atoms with E-state index in [-0.39, 0.29) is 34.0 Å². The molecule has 0 atom stereocenters. The first kappa shape index (κ1) is 19.4. The van der Waals surface area contributed by atoms with Gasteiger partial charge in [0, 0.05) is 18.1 Å². The number of ether oxygens (including phenoxy) is 3. The molecule has 2 N–H and O–H groups in total. The van der Waals surface area contributed by atoms with E-state index in [1.54, 1.807) is 0 Å². The topological polar surface area (TPSA) is 131 Å². The van der Waals surface area contributed by atoms with Gasteiger partial charge in [-0.2, -0.15) is 0 Å². The number of amides is 1. The fourth-order valence-electron chi connectivity index (χ4n) is 2.58. The third-order valence-corrected chi connectivity index (χ3v) is 4.24. The standard InChI is InChI=1S/C18H15ClN2O7/c19-13-6-12(8-15-16(13)27-5-1-4-26-15)18(23)28-9-11-3-2-10(17(20)22)7-14(11)21(24)25/h2-3,6-8H,1,4-5,9H2,(H2,20,22). The molecule has 0 unspecified atom stereocenters. The Morgan fingerprint density at radius 3 is 2.64 bits per heavy atom. The van der Waals surface area contributed by atoms with Gasteiger partial charge in [0.25, 0.3) is 5.69 Å². The van der Waals surface area contributed by atoms with Gasteiger partial charge in [-0.05, 0) is 24.3 Å². The molecule has 2 aromatic carbocycles. The number of carbonyl (C=O) groups excluding carboxylic acids is 2. The molecule has 0 radical (unpaired) electrons. The molecule has 0 spiro atoms. The summed E-state index contributed by atoms with van der Waals surface area (Å²) in [5.41, 5.74) is 4.97. The maximum Gasteiger partial charge on any atom is 0.338 e. The second-order valence-electron chi connectivity index (χ2n) is 5.88. The number of benzene rings is 2. The van der Waals surface area contributed by atoms with E-state index in [1.165, 1.54) is 24.3 Å². The van der Waals surface area contributed by atoms with E-state index in [4.69, 9.17) is 31.5 Å². The van der Waals surface area contributed by atoms with Crippen LogP contribution in [0, 0.1) is 10.1 Å². The van der Waals surface area contributed by atoms with Crippen LogP contribution in [0.5, 0.6) is 11.5 Å². The second-order valence-corrected chi connectivity index (χ2v) is 6.28. The summed E-state index contributed by atoms with van der Waals surface area (Å²) < 4.78 is 16.2. The number of rotatable bonds is 5. The minimum absolute atomic E-state index is 0.0172. The van der Waals surface area contributed by atoms with Crippen LogP contribution in [0.15, 0.2) is 30.3 Å². The van der Waals surface area contributed by atoms with Crippen molar-refractivity contribution < 1.29 is 28.7 Å². The first-order chi connectivity index (χ1) is 13.4. The Labute approximate surface area is 164 Å². The molecule has 0 aliphatic carbocycles. The number of nitrogens with two attached hydrogens (primary N) is 1. The van der Waals surface area contributed by atoms with Gasteiger partial charge in [0.15, 0.2) is 11.5 Å². The average Bonchev–Trinajstić information content (AvgIpc) is 2.91. The van der Waals surface area contributed by atoms with E-state index in [0.29, 0.717) is 31.1 Å². The Morgan fingerprint density at radius 2 is 1.93 bits per heavy atom. The number of fused-ring (bicyclic) bond motifs is 1. The van der Waals surface area contributed by atoms with Crippen LogP contribution in [0.1, 0.15) is 32.7 Å². The molecule has 3 rings (SSSR count). The van der Waals surface area contributed by atoms with Crippen molar-refractivity contribution in [3.8, 4) is 11.5 Å². The van der Waals surface area contributed by atoms with Crippen molar-refractivity contribution >= 4 is 29.2 Å². The van der Waals surface area contributed by atoms with Gasteiger partial charge < -0.3 is 19.9 Å². The summed E-state index contributed by atoms with van der Waals surface area (Å²) in [4.78, 5) is 34.1. The van der Waals surface area contributed by atoms with E-state index in [2.05, 4.69) is 0 Å². The van der Waals surface area contributed by atoms with Crippen molar-refractivity contribution in [1.29, 1.82) is 0 Å². The van der Waals surface area contributed by atoms with Gasteiger partial charge in [-0.3, -0.25) is 14.9 Å². The van der Waals surface area contributed by atoms with E-state index in [9.17, 15) is 19.7 Å². The van der Waals surface area contributed by atoms with Crippen LogP contribution in [0.25, 0.3) is 0 Å². The number of primary amides is 1. The summed E-state index contributed by atoms with van der Waals surface area (Å²) in [6, 6.07) is 6.49. The molecule has 1 aliphatic rings. The molecule has 1 aliphatic heterocycles. The molecule has 0 saturated carbocycles. The SMILES string of the molecule is NC(=O)c1ccc(COC(=O)c2cc(Cl)c3c(c2)OCCCO3)c([N+](=O)[O-])c1. The van der Waals surface area contributed by atoms with Gasteiger partial charge >= 0.3 is 5.97 Å². The highest BCUT2D eigenvalue weighted by molar-refractivity contribution is 6.32. The van der Waals surface area contributed by atoms with E-state index < -0.39 is 16.8 Å². The first-order valence-corrected chi connectivity index (χ1v) is 8.58. The van der Waals surface area contributed by atoms with Crippen LogP contribution in [0.2, 0.25) is 5.02 Å². The minimum atomic E-state index is -0.798. The minimum Gasteiger partial charge on any atom is -0.489 e. The zero-order valence-electron chi connectivity index (χ0n) is 14.5. The van der Waals surface area contributed by atoms with Gasteiger partial charge in [-0.15, -0.1) is 0 Å². The molecule has 9 nitrogen and oxygen atoms in total. The van der Waals surface area contributed by atoms with Gasteiger partial charge in [-0.1, -0.05) is 11.6 Å². The molecule has 10 heteroatoms. The largest absolute Gasteiger partial charge is 0.489 e. The van der Waals surface area contributed by atoms with E-state index in [1.807, 2.05) is 0 Å². The molecule has 0 bridgehead atoms. The molecule has 0 fully saturated rings. The van der Waals surface area contributed by atoms with Crippen molar-refractivity contribution in [2.75, 3.05) is 13.2 Å². The number of esters is 1. The Hall–Kier alpha value is -3.33. The lowest BCUT2D eigenvalue weighted by Crippen LogP contribution is -2.12. The molecular formula is C18H15ClN2O7. The van der Waals surface area contributed by atoms with Crippen molar-refractivity contribution in [2.45, 2.75) is 13.0 Å². The number of carbonyl (C=O) groups is 2. The number of hydrogen-bond donors (Lipinski definition) is 1. The summed E-state index contributed by atoms with van der Waals surface area (Å²) in [7, 11) is 0. The third-order valence-electron chi connectivity index (χ3n) is 3.96. The molecule has 0 aromatic heterocycles. The van der Waals surface area contributed by atoms with E-state index in [0.717, 1.165) is 6.07 Å². The fraction of sp³-hybridized carbons (Fsp3) is 0.222. The lowest BCUT2D eigenvalue weighted by Gasteiger charge is -2.11. The van der Waals surface area contributed by atoms with Gasteiger partial charge in [0.05, 0.1) is 34.3 Å². The maximum atomic E-state index is 12.4. The fourth-order valence-corrected chi connectivity index (χ4v) is 2.85. The molecule has 0 saturated heterocycles. The number of halogens is 1. The highest BCUT2D eigenvalue weighted by Gasteiger charge is 2.21. The summed E-state index contributed by atoms with van der Waals surface area (Å²) in [5.74, 6) is -0.860. The number of hydrogen-bond acceptors (Lipinski definition) is 7. The number of nitro benzene ring substituents is 1. The Kier molecular flexibility index (Phi) is 5.65. The average molecular weight is 407 g/mol. The van der Waals surface area contributed by atoms with Crippen molar-refractivity contribution in [2.24, 2.45) is 5.73 Å². The van der Waals surface area contributed by atoms with Gasteiger partial charge in [0.1, 0.15) is 6.61 Å². The predicted octanol–water partition coefficient (Wildman–Crippen LogP) is 2.87. The third kappa shape index (κ3) is 4.15. The molecule has 1 amide bonds. The lowest BCUT2D eigenvalue weighted by molar-refractivity contribution is -0.385. The Morgan fingerprint density at radius 1 is 1.18 bits per heavy atom. The zero-order chi connectivity index (χ0) is 20.3. The maximum absolute atomic E-state index is 12.4. The van der Waals surface area contributed by atoms with Crippen LogP contribution >= 0.6 is 11.6 Å². The first-order valence-electron chi connectivity index (χ1n) is 8.20. The van der Waals surface area contributed by atoms with Crippen molar-refractivity contribution in [3.63, 3.8) is 0 Å². The monoisotopic (exact) mass is 406 g/mol. The number of nitrogens with zero attached hydrogens (tertiary/aromatic N) is 1. The predicted molar refractivity (Wildman–Crippen MR) is 97.8 cm³/mol. The van der Waals surface area contributed by atoms with Gasteiger partial charge in [0.2, 0.25) is 5.91 Å². The van der Waals surface area contributed by atoms with Crippen LogP contribution in [0.3, 0.4) is 0 Å². The summed E-state index contributed by atoms with van der Waals surface area (Å²) in [6.07, 6.45) is 0.676. The smallest absolute Gasteiger partial charge is 0.338 e. The molecule has 146 valence electrons. The highest BCUT2D eigenvalue weighted by Crippen LogP contribution is 2.38. The van der Waals surface area contributed by atoms with Crippen LogP contribution < -0.4 is 15.2 Å². The normalized spacial score (nSPS) is 12.8. The molecular weight excluding hydrogens is 392 g/mol. The summed E-state index contributed by atoms with van der Waals surface area (Å²) >= 11 is 6.15. The van der Waals surface area contributed by atoms with Crippen LogP contribution in [-0.4, -0.2) is 30.0 Å². The zero-order valence-corrected chi connectivity index (χ0v) is 15.2. The summed E-state index contributed by atoms with van der Waals surface area (Å²) in [6.45, 7) is 0.488. The van der Waals surface area contributed by atoms with E-state index >= 15 is 0 Å². The van der Waals surface area contributed by atoms with Crippen LogP contribution in [0.4, 0.5) is 5.69 Å². The summed E-state index contributed by atoms with van der Waals surface area (Å²) in [5, 5.41) is 11.4. The molecule has 2 aromatic rings. The Balaban J connectivity index is 1.79. The highest BCUT2D eigenvalue weighted by atomic mass is 35.5. The molecule has 28 heavy (non-hydrogen) atoms. The lowest BCUT2D eigenvalue weighted by atomic mass is 10.1. The number of nitro groups is 1. The molecule has 1 heterocycles. The van der Waals surface area contributed by atoms with Crippen LogP contribution in [-0.2, 0) is 11.3 Å². The Bertz CT molecular complexity index is 961.